The van der Waals surface area contributed by atoms with Gasteiger partial charge in [-0.2, -0.15) is 13.2 Å². The van der Waals surface area contributed by atoms with Gasteiger partial charge in [0.25, 0.3) is 0 Å². The maximum atomic E-state index is 13.2. The van der Waals surface area contributed by atoms with E-state index in [2.05, 4.69) is 9.97 Å². The minimum atomic E-state index is -4.62. The van der Waals surface area contributed by atoms with E-state index in [0.29, 0.717) is 6.20 Å². The quantitative estimate of drug-likeness (QED) is 0.506. The minimum absolute atomic E-state index is 0.0500. The number of carbonyl (C=O) groups is 2. The summed E-state index contributed by atoms with van der Waals surface area (Å²) < 4.78 is 50.7. The molecule has 1 aliphatic rings. The molecule has 9 heteroatoms. The van der Waals surface area contributed by atoms with Crippen molar-refractivity contribution in [2.45, 2.75) is 70.5 Å². The molecule has 184 valence electrons. The van der Waals surface area contributed by atoms with E-state index < -0.39 is 28.6 Å². The number of nitrogens with zero attached hydrogens (tertiary/aromatic N) is 2. The molecule has 2 atom stereocenters. The van der Waals surface area contributed by atoms with Crippen molar-refractivity contribution in [3.05, 3.63) is 52.5 Å². The SMILES string of the molecule is CCc1cc(C)cc(CC)c1C1C(=O)CC(C(C)CS(=O)c2cnc(C(F)(F)F)cn2)CC1=O. The van der Waals surface area contributed by atoms with Crippen LogP contribution in [0, 0.1) is 18.8 Å². The van der Waals surface area contributed by atoms with Crippen molar-refractivity contribution < 1.29 is 27.0 Å². The van der Waals surface area contributed by atoms with E-state index in [0.717, 1.165) is 41.3 Å². The summed E-state index contributed by atoms with van der Waals surface area (Å²) in [5.41, 5.74) is 2.85. The fourth-order valence-corrected chi connectivity index (χ4v) is 5.94. The molecule has 0 radical (unpaired) electrons. The second kappa shape index (κ2) is 10.5. The number of hydrogen-bond donors (Lipinski definition) is 0. The van der Waals surface area contributed by atoms with Crippen LogP contribution in [0.15, 0.2) is 29.6 Å². The summed E-state index contributed by atoms with van der Waals surface area (Å²) in [5, 5.41) is -0.0500. The molecule has 0 bridgehead atoms. The van der Waals surface area contributed by atoms with E-state index >= 15 is 0 Å². The maximum Gasteiger partial charge on any atom is 0.434 e. The first-order valence-corrected chi connectivity index (χ1v) is 12.7. The molecular formula is C25H29F3N2O3S. The Morgan fingerprint density at radius 2 is 1.59 bits per heavy atom. The molecule has 3 rings (SSSR count). The third-order valence-corrected chi connectivity index (χ3v) is 7.99. The van der Waals surface area contributed by atoms with Crippen LogP contribution >= 0.6 is 0 Å². The highest BCUT2D eigenvalue weighted by Crippen LogP contribution is 2.38. The molecule has 2 unspecified atom stereocenters. The summed E-state index contributed by atoms with van der Waals surface area (Å²) in [6, 6.07) is 4.08. The van der Waals surface area contributed by atoms with E-state index in [1.807, 2.05) is 39.8 Å². The summed E-state index contributed by atoms with van der Waals surface area (Å²) in [7, 11) is -1.69. The van der Waals surface area contributed by atoms with Gasteiger partial charge in [-0.15, -0.1) is 0 Å². The van der Waals surface area contributed by atoms with Gasteiger partial charge in [0.05, 0.1) is 23.2 Å². The lowest BCUT2D eigenvalue weighted by atomic mass is 9.70. The number of alkyl halides is 3. The Morgan fingerprint density at radius 3 is 2.03 bits per heavy atom. The average molecular weight is 495 g/mol. The van der Waals surface area contributed by atoms with E-state index in [1.54, 1.807) is 0 Å². The summed E-state index contributed by atoms with van der Waals surface area (Å²) in [5.74, 6) is -1.46. The molecule has 5 nitrogen and oxygen atoms in total. The topological polar surface area (TPSA) is 77.0 Å². The molecule has 0 aliphatic heterocycles. The zero-order valence-electron chi connectivity index (χ0n) is 19.7. The van der Waals surface area contributed by atoms with Crippen LogP contribution in [0.5, 0.6) is 0 Å². The van der Waals surface area contributed by atoms with Gasteiger partial charge in [-0.25, -0.2) is 9.97 Å². The third-order valence-electron chi connectivity index (χ3n) is 6.49. The van der Waals surface area contributed by atoms with Crippen molar-refractivity contribution in [2.24, 2.45) is 11.8 Å². The molecule has 0 N–H and O–H groups in total. The number of rotatable bonds is 7. The largest absolute Gasteiger partial charge is 0.434 e. The summed E-state index contributed by atoms with van der Waals surface area (Å²) in [4.78, 5) is 33.4. The van der Waals surface area contributed by atoms with Gasteiger partial charge >= 0.3 is 6.18 Å². The number of Topliss-reactive ketones (excluding diaryl/α,β-unsaturated/α-hetero) is 2. The molecule has 1 aliphatic carbocycles. The molecule has 34 heavy (non-hydrogen) atoms. The predicted molar refractivity (Wildman–Crippen MR) is 123 cm³/mol. The van der Waals surface area contributed by atoms with E-state index in [1.165, 1.54) is 0 Å². The number of carbonyl (C=O) groups excluding carboxylic acids is 2. The Labute approximate surface area is 200 Å². The van der Waals surface area contributed by atoms with E-state index in [4.69, 9.17) is 0 Å². The fraction of sp³-hybridized carbons (Fsp3) is 0.520. The first-order chi connectivity index (χ1) is 16.0. The molecular weight excluding hydrogens is 465 g/mol. The minimum Gasteiger partial charge on any atom is -0.299 e. The van der Waals surface area contributed by atoms with Gasteiger partial charge in [-0.05, 0) is 48.3 Å². The number of hydrogen-bond acceptors (Lipinski definition) is 5. The Hall–Kier alpha value is -2.42. The lowest BCUT2D eigenvalue weighted by Gasteiger charge is -2.32. The molecule has 1 fully saturated rings. The van der Waals surface area contributed by atoms with Gasteiger partial charge in [-0.3, -0.25) is 13.8 Å². The van der Waals surface area contributed by atoms with Crippen LogP contribution in [0.1, 0.15) is 67.5 Å². The highest BCUT2D eigenvalue weighted by molar-refractivity contribution is 7.84. The lowest BCUT2D eigenvalue weighted by Crippen LogP contribution is -2.36. The smallest absolute Gasteiger partial charge is 0.299 e. The van der Waals surface area contributed by atoms with Gasteiger partial charge < -0.3 is 0 Å². The number of benzene rings is 1. The van der Waals surface area contributed by atoms with E-state index in [9.17, 15) is 27.0 Å². The first kappa shape index (κ1) is 26.2. The Morgan fingerprint density at radius 1 is 1.03 bits per heavy atom. The molecule has 0 saturated heterocycles. The van der Waals surface area contributed by atoms with Crippen LogP contribution in [0.3, 0.4) is 0 Å². The van der Waals surface area contributed by atoms with Crippen LogP contribution < -0.4 is 0 Å². The van der Waals surface area contributed by atoms with Crippen molar-refractivity contribution in [1.29, 1.82) is 0 Å². The Kier molecular flexibility index (Phi) is 8.06. The maximum absolute atomic E-state index is 13.2. The van der Waals surface area contributed by atoms with Crippen LogP contribution in [0.4, 0.5) is 13.2 Å². The summed E-state index contributed by atoms with van der Waals surface area (Å²) in [6.45, 7) is 7.84. The van der Waals surface area contributed by atoms with Crippen molar-refractivity contribution in [3.8, 4) is 0 Å². The normalized spacial score (nSPS) is 20.9. The summed E-state index contributed by atoms with van der Waals surface area (Å²) in [6.07, 6.45) is -1.32. The highest BCUT2D eigenvalue weighted by Gasteiger charge is 2.40. The molecule has 1 saturated carbocycles. The van der Waals surface area contributed by atoms with Crippen molar-refractivity contribution in [1.82, 2.24) is 9.97 Å². The van der Waals surface area contributed by atoms with Crippen molar-refractivity contribution in [2.75, 3.05) is 5.75 Å². The lowest BCUT2D eigenvalue weighted by molar-refractivity contribution is -0.141. The Bertz CT molecular complexity index is 1060. The number of aryl methyl sites for hydroxylation is 3. The van der Waals surface area contributed by atoms with Crippen LogP contribution in [-0.2, 0) is 39.4 Å². The molecule has 1 heterocycles. The zero-order valence-corrected chi connectivity index (χ0v) is 20.6. The van der Waals surface area contributed by atoms with Crippen LogP contribution in [0.25, 0.3) is 0 Å². The number of aromatic nitrogens is 2. The monoisotopic (exact) mass is 494 g/mol. The molecule has 0 amide bonds. The van der Waals surface area contributed by atoms with Crippen LogP contribution in [-0.4, -0.2) is 31.5 Å². The van der Waals surface area contributed by atoms with Crippen molar-refractivity contribution in [3.63, 3.8) is 0 Å². The second-order valence-electron chi connectivity index (χ2n) is 8.97. The summed E-state index contributed by atoms with van der Waals surface area (Å²) >= 11 is 0. The van der Waals surface area contributed by atoms with Gasteiger partial charge in [0.2, 0.25) is 0 Å². The van der Waals surface area contributed by atoms with Gasteiger partial charge in [0.15, 0.2) is 5.69 Å². The van der Waals surface area contributed by atoms with Crippen LogP contribution in [0.2, 0.25) is 0 Å². The van der Waals surface area contributed by atoms with Gasteiger partial charge in [-0.1, -0.05) is 38.5 Å². The molecule has 2 aromatic rings. The van der Waals surface area contributed by atoms with Gasteiger partial charge in [0, 0.05) is 18.6 Å². The third kappa shape index (κ3) is 5.62. The number of halogens is 3. The highest BCUT2D eigenvalue weighted by atomic mass is 32.2. The first-order valence-electron chi connectivity index (χ1n) is 11.4. The predicted octanol–water partition coefficient (Wildman–Crippen LogP) is 5.00. The molecule has 1 aromatic carbocycles. The fourth-order valence-electron chi connectivity index (χ4n) is 4.68. The zero-order chi connectivity index (χ0) is 25.2. The van der Waals surface area contributed by atoms with E-state index in [-0.39, 0.29) is 47.0 Å². The van der Waals surface area contributed by atoms with Crippen molar-refractivity contribution >= 4 is 22.4 Å². The number of ketones is 2. The second-order valence-corrected chi connectivity index (χ2v) is 10.4. The molecule has 0 spiro atoms. The molecule has 1 aromatic heterocycles. The average Bonchev–Trinajstić information content (AvgIpc) is 2.78. The standard InChI is InChI=1S/C25H29F3N2O3S/c1-5-16-7-14(3)8-17(6-2)23(16)24-19(31)9-18(10-20(24)32)15(4)13-34(33)22-12-29-21(11-30-22)25(26,27)28/h7-8,11-12,15,18,24H,5-6,9-10,13H2,1-4H3. The Balaban J connectivity index is 1.74. The van der Waals surface area contributed by atoms with Gasteiger partial charge in [0.1, 0.15) is 22.5 Å².